The molecule has 0 aliphatic heterocycles. The molecule has 7 heteroatoms. The van der Waals surface area contributed by atoms with Crippen LogP contribution in [-0.2, 0) is 0 Å². The molecule has 0 fully saturated rings. The standard InChI is InChI=1S/C12H16BrN3O3/c1-4-12(2,3)7-15-11(17)8-5-10(16(18)19)14-6-9(8)13/h5-6H,4,7H2,1-3H3,(H,15,17). The van der Waals surface area contributed by atoms with E-state index in [2.05, 4.69) is 26.2 Å². The number of hydrogen-bond acceptors (Lipinski definition) is 4. The molecule has 6 nitrogen and oxygen atoms in total. The minimum atomic E-state index is -0.626. The first kappa shape index (κ1) is 15.6. The molecule has 0 spiro atoms. The van der Waals surface area contributed by atoms with Crippen molar-refractivity contribution < 1.29 is 9.72 Å². The fourth-order valence-electron chi connectivity index (χ4n) is 1.24. The van der Waals surface area contributed by atoms with E-state index in [1.54, 1.807) is 0 Å². The van der Waals surface area contributed by atoms with Crippen LogP contribution in [0.1, 0.15) is 37.6 Å². The van der Waals surface area contributed by atoms with E-state index in [9.17, 15) is 14.9 Å². The fourth-order valence-corrected chi connectivity index (χ4v) is 1.64. The maximum Gasteiger partial charge on any atom is 0.364 e. The number of amides is 1. The quantitative estimate of drug-likeness (QED) is 0.664. The lowest BCUT2D eigenvalue weighted by Gasteiger charge is -2.22. The Bertz CT molecular complexity index is 503. The summed E-state index contributed by atoms with van der Waals surface area (Å²) in [6.07, 6.45) is 2.18. The van der Waals surface area contributed by atoms with E-state index >= 15 is 0 Å². The van der Waals surface area contributed by atoms with E-state index < -0.39 is 4.92 Å². The molecule has 1 rings (SSSR count). The van der Waals surface area contributed by atoms with Crippen LogP contribution in [-0.4, -0.2) is 22.4 Å². The zero-order valence-electron chi connectivity index (χ0n) is 11.1. The second-order valence-corrected chi connectivity index (χ2v) is 5.83. The van der Waals surface area contributed by atoms with Crippen LogP contribution in [0, 0.1) is 15.5 Å². The van der Waals surface area contributed by atoms with Crippen molar-refractivity contribution in [1.82, 2.24) is 10.3 Å². The highest BCUT2D eigenvalue weighted by Gasteiger charge is 2.20. The van der Waals surface area contributed by atoms with Gasteiger partial charge in [-0.3, -0.25) is 4.79 Å². The van der Waals surface area contributed by atoms with Gasteiger partial charge >= 0.3 is 5.82 Å². The van der Waals surface area contributed by atoms with E-state index in [1.165, 1.54) is 12.3 Å². The van der Waals surface area contributed by atoms with Gasteiger partial charge in [0.05, 0.1) is 10.0 Å². The molecule has 19 heavy (non-hydrogen) atoms. The molecule has 1 N–H and O–H groups in total. The summed E-state index contributed by atoms with van der Waals surface area (Å²) < 4.78 is 0.435. The zero-order chi connectivity index (χ0) is 14.6. The van der Waals surface area contributed by atoms with Crippen LogP contribution in [0.15, 0.2) is 16.7 Å². The van der Waals surface area contributed by atoms with E-state index in [0.717, 1.165) is 6.42 Å². The fraction of sp³-hybridized carbons (Fsp3) is 0.500. The Morgan fingerprint density at radius 2 is 2.21 bits per heavy atom. The molecule has 1 amide bonds. The Balaban J connectivity index is 2.88. The van der Waals surface area contributed by atoms with E-state index in [0.29, 0.717) is 11.0 Å². The minimum absolute atomic E-state index is 0.0128. The van der Waals surface area contributed by atoms with Gasteiger partial charge < -0.3 is 15.4 Å². The van der Waals surface area contributed by atoms with Gasteiger partial charge in [-0.15, -0.1) is 0 Å². The van der Waals surface area contributed by atoms with Crippen molar-refractivity contribution in [3.8, 4) is 0 Å². The lowest BCUT2D eigenvalue weighted by Crippen LogP contribution is -2.33. The summed E-state index contributed by atoms with van der Waals surface area (Å²) in [6, 6.07) is 1.17. The summed E-state index contributed by atoms with van der Waals surface area (Å²) in [4.78, 5) is 25.7. The number of pyridine rings is 1. The Hall–Kier alpha value is -1.50. The highest BCUT2D eigenvalue weighted by molar-refractivity contribution is 9.10. The van der Waals surface area contributed by atoms with Crippen molar-refractivity contribution in [2.75, 3.05) is 6.54 Å². The van der Waals surface area contributed by atoms with Gasteiger partial charge in [0.15, 0.2) is 6.20 Å². The molecular formula is C12H16BrN3O3. The number of carbonyl (C=O) groups excluding carboxylic acids is 1. The van der Waals surface area contributed by atoms with Gasteiger partial charge in [0.2, 0.25) is 0 Å². The second kappa shape index (κ2) is 6.10. The van der Waals surface area contributed by atoms with Gasteiger partial charge in [-0.1, -0.05) is 20.8 Å². The van der Waals surface area contributed by atoms with Crippen LogP contribution in [0.5, 0.6) is 0 Å². The zero-order valence-corrected chi connectivity index (χ0v) is 12.7. The average molecular weight is 330 g/mol. The van der Waals surface area contributed by atoms with Crippen LogP contribution < -0.4 is 5.32 Å². The van der Waals surface area contributed by atoms with Crippen LogP contribution in [0.3, 0.4) is 0 Å². The first-order chi connectivity index (χ1) is 8.76. The number of nitrogens with one attached hydrogen (secondary N) is 1. The van der Waals surface area contributed by atoms with Crippen LogP contribution in [0.2, 0.25) is 0 Å². The van der Waals surface area contributed by atoms with Crippen molar-refractivity contribution in [3.05, 3.63) is 32.4 Å². The molecule has 0 aliphatic rings. The lowest BCUT2D eigenvalue weighted by molar-refractivity contribution is -0.389. The van der Waals surface area contributed by atoms with Gasteiger partial charge in [-0.2, -0.15) is 0 Å². The van der Waals surface area contributed by atoms with E-state index in [4.69, 9.17) is 0 Å². The number of nitro groups is 1. The number of halogens is 1. The monoisotopic (exact) mass is 329 g/mol. The summed E-state index contributed by atoms with van der Waals surface area (Å²) in [7, 11) is 0. The average Bonchev–Trinajstić information content (AvgIpc) is 2.36. The van der Waals surface area contributed by atoms with E-state index in [1.807, 2.05) is 20.8 Å². The smallest absolute Gasteiger partial charge is 0.358 e. The first-order valence-corrected chi connectivity index (χ1v) is 6.64. The van der Waals surface area contributed by atoms with Gasteiger partial charge in [-0.05, 0) is 37.7 Å². The molecule has 1 aromatic heterocycles. The summed E-state index contributed by atoms with van der Waals surface area (Å²) in [5.74, 6) is -0.693. The van der Waals surface area contributed by atoms with Crippen molar-refractivity contribution in [2.24, 2.45) is 5.41 Å². The number of aromatic nitrogens is 1. The molecule has 0 saturated heterocycles. The summed E-state index contributed by atoms with van der Waals surface area (Å²) >= 11 is 3.17. The molecule has 104 valence electrons. The normalized spacial score (nSPS) is 11.2. The predicted octanol–water partition coefficient (Wildman–Crippen LogP) is 2.92. The van der Waals surface area contributed by atoms with E-state index in [-0.39, 0.29) is 22.7 Å². The number of nitrogens with zero attached hydrogens (tertiary/aromatic N) is 2. The number of hydrogen-bond donors (Lipinski definition) is 1. The molecule has 1 heterocycles. The Kier molecular flexibility index (Phi) is 4.99. The number of carbonyl (C=O) groups is 1. The summed E-state index contributed by atoms with van der Waals surface area (Å²) in [5.41, 5.74) is 0.204. The predicted molar refractivity (Wildman–Crippen MR) is 75.0 cm³/mol. The summed E-state index contributed by atoms with van der Waals surface area (Å²) in [5, 5.41) is 13.4. The minimum Gasteiger partial charge on any atom is -0.358 e. The first-order valence-electron chi connectivity index (χ1n) is 5.85. The largest absolute Gasteiger partial charge is 0.364 e. The Morgan fingerprint density at radius 1 is 1.58 bits per heavy atom. The molecule has 0 aliphatic carbocycles. The molecule has 0 saturated carbocycles. The second-order valence-electron chi connectivity index (χ2n) is 4.98. The SMILES string of the molecule is CCC(C)(C)CNC(=O)c1cc([N+](=O)[O-])ncc1Br. The lowest BCUT2D eigenvalue weighted by atomic mass is 9.90. The summed E-state index contributed by atoms with van der Waals surface area (Å²) in [6.45, 7) is 6.62. The maximum atomic E-state index is 12.0. The Morgan fingerprint density at radius 3 is 2.74 bits per heavy atom. The number of rotatable bonds is 5. The van der Waals surface area contributed by atoms with Crippen LogP contribution in [0.4, 0.5) is 5.82 Å². The topological polar surface area (TPSA) is 85.1 Å². The third-order valence-corrected chi connectivity index (χ3v) is 3.59. The van der Waals surface area contributed by atoms with Gasteiger partial charge in [0, 0.05) is 12.6 Å². The molecule has 1 aromatic rings. The third-order valence-electron chi connectivity index (χ3n) is 2.96. The van der Waals surface area contributed by atoms with Crippen molar-refractivity contribution >= 4 is 27.7 Å². The van der Waals surface area contributed by atoms with Crippen LogP contribution >= 0.6 is 15.9 Å². The highest BCUT2D eigenvalue weighted by Crippen LogP contribution is 2.21. The van der Waals surface area contributed by atoms with Crippen molar-refractivity contribution in [3.63, 3.8) is 0 Å². The third kappa shape index (κ3) is 4.27. The molecule has 0 unspecified atom stereocenters. The Labute approximate surface area is 119 Å². The van der Waals surface area contributed by atoms with Gasteiger partial charge in [-0.25, -0.2) is 0 Å². The van der Waals surface area contributed by atoms with Crippen LogP contribution in [0.25, 0.3) is 0 Å². The molecule has 0 atom stereocenters. The van der Waals surface area contributed by atoms with Crippen molar-refractivity contribution in [2.45, 2.75) is 27.2 Å². The molecular weight excluding hydrogens is 314 g/mol. The highest BCUT2D eigenvalue weighted by atomic mass is 79.9. The maximum absolute atomic E-state index is 12.0. The van der Waals surface area contributed by atoms with Crippen molar-refractivity contribution in [1.29, 1.82) is 0 Å². The van der Waals surface area contributed by atoms with Gasteiger partial charge in [0.1, 0.15) is 0 Å². The molecule has 0 bridgehead atoms. The molecule has 0 radical (unpaired) electrons. The van der Waals surface area contributed by atoms with Gasteiger partial charge in [0.25, 0.3) is 5.91 Å². The molecule has 0 aromatic carbocycles.